The van der Waals surface area contributed by atoms with Crippen LogP contribution < -0.4 is 19.7 Å². The van der Waals surface area contributed by atoms with Crippen molar-refractivity contribution < 1.29 is 23.9 Å². The number of barbiturate groups is 1. The average molecular weight is 579 g/mol. The molecule has 7 nitrogen and oxygen atoms in total. The normalized spacial score (nSPS) is 29.1. The zero-order valence-corrected chi connectivity index (χ0v) is 23.2. The second-order valence-corrected chi connectivity index (χ2v) is 12.0. The number of ether oxygens (including phenoxy) is 2. The number of imide groups is 2. The van der Waals surface area contributed by atoms with Gasteiger partial charge in [-0.05, 0) is 126 Å². The maximum atomic E-state index is 13.5. The summed E-state index contributed by atoms with van der Waals surface area (Å²) in [5.41, 5.74) is 2.41. The molecule has 2 aromatic carbocycles. The van der Waals surface area contributed by atoms with Crippen molar-refractivity contribution in [2.75, 3.05) is 18.6 Å². The van der Waals surface area contributed by atoms with Crippen molar-refractivity contribution >= 4 is 45.5 Å². The van der Waals surface area contributed by atoms with Crippen molar-refractivity contribution in [1.29, 1.82) is 0 Å². The van der Waals surface area contributed by atoms with Crippen LogP contribution in [0.25, 0.3) is 6.08 Å². The van der Waals surface area contributed by atoms with E-state index in [-0.39, 0.29) is 11.0 Å². The third-order valence-corrected chi connectivity index (χ3v) is 9.31. The number of amides is 4. The second kappa shape index (κ2) is 9.56. The highest BCUT2D eigenvalue weighted by Gasteiger charge is 2.51. The van der Waals surface area contributed by atoms with Crippen LogP contribution in [0.15, 0.2) is 46.4 Å². The third kappa shape index (κ3) is 4.23. The molecule has 0 spiro atoms. The monoisotopic (exact) mass is 578 g/mol. The summed E-state index contributed by atoms with van der Waals surface area (Å²) in [6.07, 6.45) is 9.31. The highest BCUT2D eigenvalue weighted by Crippen LogP contribution is 2.60. The molecule has 7 rings (SSSR count). The number of methoxy groups -OCH3 is 1. The topological polar surface area (TPSA) is 84.9 Å². The van der Waals surface area contributed by atoms with E-state index in [0.29, 0.717) is 33.8 Å². The Morgan fingerprint density at radius 1 is 1.03 bits per heavy atom. The van der Waals surface area contributed by atoms with E-state index in [1.807, 2.05) is 19.1 Å². The molecule has 5 aliphatic rings. The lowest BCUT2D eigenvalue weighted by Crippen LogP contribution is -2.54. The molecule has 1 aliphatic heterocycles. The van der Waals surface area contributed by atoms with Gasteiger partial charge < -0.3 is 9.47 Å². The molecule has 198 valence electrons. The summed E-state index contributed by atoms with van der Waals surface area (Å²) in [5, 5.41) is 2.32. The third-order valence-electron chi connectivity index (χ3n) is 8.72. The molecule has 8 heteroatoms. The van der Waals surface area contributed by atoms with E-state index in [0.717, 1.165) is 22.7 Å². The minimum Gasteiger partial charge on any atom is -0.492 e. The number of hydrogen-bond donors (Lipinski definition) is 1. The van der Waals surface area contributed by atoms with Crippen LogP contribution in [0.5, 0.6) is 11.5 Å². The molecule has 1 saturated heterocycles. The van der Waals surface area contributed by atoms with Crippen LogP contribution in [-0.2, 0) is 15.0 Å². The van der Waals surface area contributed by atoms with Crippen molar-refractivity contribution in [3.8, 4) is 11.5 Å². The van der Waals surface area contributed by atoms with Gasteiger partial charge in [0.25, 0.3) is 11.8 Å². The van der Waals surface area contributed by atoms with Crippen molar-refractivity contribution in [1.82, 2.24) is 5.32 Å². The zero-order chi connectivity index (χ0) is 26.6. The van der Waals surface area contributed by atoms with Gasteiger partial charge in [0.2, 0.25) is 0 Å². The second-order valence-electron chi connectivity index (χ2n) is 11.2. The van der Waals surface area contributed by atoms with Crippen LogP contribution in [0, 0.1) is 17.8 Å². The van der Waals surface area contributed by atoms with Gasteiger partial charge in [0.15, 0.2) is 11.5 Å². The Morgan fingerprint density at radius 3 is 2.24 bits per heavy atom. The van der Waals surface area contributed by atoms with Crippen LogP contribution in [0.4, 0.5) is 10.5 Å². The molecule has 2 aromatic rings. The molecular weight excluding hydrogens is 548 g/mol. The number of carbonyl (C=O) groups is 3. The first kappa shape index (κ1) is 25.2. The molecule has 4 bridgehead atoms. The quantitative estimate of drug-likeness (QED) is 0.336. The Balaban J connectivity index is 1.29. The summed E-state index contributed by atoms with van der Waals surface area (Å²) in [5.74, 6) is 2.09. The van der Waals surface area contributed by atoms with Gasteiger partial charge in [-0.25, -0.2) is 9.69 Å². The van der Waals surface area contributed by atoms with E-state index in [9.17, 15) is 14.4 Å². The van der Waals surface area contributed by atoms with E-state index < -0.39 is 17.8 Å². The molecule has 4 amide bonds. The van der Waals surface area contributed by atoms with Crippen molar-refractivity contribution in [3.63, 3.8) is 0 Å². The number of nitrogens with zero attached hydrogens (tertiary/aromatic N) is 1. The molecule has 4 aliphatic carbocycles. The van der Waals surface area contributed by atoms with E-state index in [1.165, 1.54) is 57.3 Å². The first-order valence-electron chi connectivity index (χ1n) is 13.3. The summed E-state index contributed by atoms with van der Waals surface area (Å²) < 4.78 is 11.7. The molecule has 0 aromatic heterocycles. The molecule has 4 saturated carbocycles. The SMILES string of the molecule is CCOc1cc(/C=C2\C(=O)NC(=O)N(c3ccc(C45CC6CC(CC(C6)C4)C5)cc3)C2=O)cc(Br)c1OC. The zero-order valence-electron chi connectivity index (χ0n) is 21.6. The maximum Gasteiger partial charge on any atom is 0.335 e. The lowest BCUT2D eigenvalue weighted by Gasteiger charge is -2.57. The lowest BCUT2D eigenvalue weighted by atomic mass is 9.48. The number of nitrogens with one attached hydrogen (secondary N) is 1. The molecule has 0 radical (unpaired) electrons. The van der Waals surface area contributed by atoms with Gasteiger partial charge in [-0.15, -0.1) is 0 Å². The Morgan fingerprint density at radius 2 is 1.66 bits per heavy atom. The summed E-state index contributed by atoms with van der Waals surface area (Å²) in [4.78, 5) is 40.0. The van der Waals surface area contributed by atoms with E-state index >= 15 is 0 Å². The Bertz CT molecular complexity index is 1310. The lowest BCUT2D eigenvalue weighted by molar-refractivity contribution is -0.122. The minimum atomic E-state index is -0.745. The number of rotatable bonds is 6. The summed E-state index contributed by atoms with van der Waals surface area (Å²) in [6.45, 7) is 2.28. The predicted octanol–water partition coefficient (Wildman–Crippen LogP) is 5.99. The molecule has 0 unspecified atom stereocenters. The number of anilines is 1. The number of carbonyl (C=O) groups excluding carboxylic acids is 3. The standard InChI is InChI=1S/C30H31BrN2O5/c1-3-38-25-13-17(12-24(31)26(25)37-2)11-23-27(34)32-29(36)33(28(23)35)22-6-4-21(5-7-22)30-14-18-8-19(15-30)10-20(9-18)16-30/h4-7,11-13,18-20H,3,8-10,14-16H2,1-2H3,(H,32,34,36)/b23-11+. The summed E-state index contributed by atoms with van der Waals surface area (Å²) in [6, 6.07) is 10.5. The van der Waals surface area contributed by atoms with Crippen molar-refractivity contribution in [2.24, 2.45) is 17.8 Å². The van der Waals surface area contributed by atoms with Gasteiger partial charge in [-0.3, -0.25) is 14.9 Å². The Kier molecular flexibility index (Phi) is 6.33. The molecule has 0 atom stereocenters. The van der Waals surface area contributed by atoms with Crippen LogP contribution in [0.3, 0.4) is 0 Å². The Hall–Kier alpha value is -3.13. The highest BCUT2D eigenvalue weighted by atomic mass is 79.9. The van der Waals surface area contributed by atoms with Crippen LogP contribution >= 0.6 is 15.9 Å². The van der Waals surface area contributed by atoms with E-state index in [1.54, 1.807) is 12.1 Å². The first-order chi connectivity index (χ1) is 18.3. The minimum absolute atomic E-state index is 0.130. The van der Waals surface area contributed by atoms with Crippen molar-refractivity contribution in [2.45, 2.75) is 50.9 Å². The van der Waals surface area contributed by atoms with Crippen molar-refractivity contribution in [3.05, 3.63) is 57.6 Å². The molecule has 5 fully saturated rings. The van der Waals surface area contributed by atoms with Crippen LogP contribution in [0.1, 0.15) is 56.6 Å². The van der Waals surface area contributed by atoms with Gasteiger partial charge in [-0.1, -0.05) is 12.1 Å². The largest absolute Gasteiger partial charge is 0.492 e. The highest BCUT2D eigenvalue weighted by molar-refractivity contribution is 9.10. The molecule has 38 heavy (non-hydrogen) atoms. The Labute approximate surface area is 230 Å². The summed E-state index contributed by atoms with van der Waals surface area (Å²) >= 11 is 3.46. The number of hydrogen-bond acceptors (Lipinski definition) is 5. The maximum absolute atomic E-state index is 13.5. The molecular formula is C30H31BrN2O5. The van der Waals surface area contributed by atoms with Gasteiger partial charge in [0.05, 0.1) is 23.9 Å². The van der Waals surface area contributed by atoms with Gasteiger partial charge in [-0.2, -0.15) is 0 Å². The summed E-state index contributed by atoms with van der Waals surface area (Å²) in [7, 11) is 1.54. The van der Waals surface area contributed by atoms with Gasteiger partial charge >= 0.3 is 6.03 Å². The fraction of sp³-hybridized carbons (Fsp3) is 0.433. The van der Waals surface area contributed by atoms with Gasteiger partial charge in [0, 0.05) is 0 Å². The molecule has 1 N–H and O–H groups in total. The predicted molar refractivity (Wildman–Crippen MR) is 147 cm³/mol. The fourth-order valence-corrected chi connectivity index (χ4v) is 8.24. The van der Waals surface area contributed by atoms with Gasteiger partial charge in [0.1, 0.15) is 5.57 Å². The fourth-order valence-electron chi connectivity index (χ4n) is 7.62. The number of halogens is 1. The van der Waals surface area contributed by atoms with Crippen LogP contribution in [-0.4, -0.2) is 31.6 Å². The number of benzene rings is 2. The van der Waals surface area contributed by atoms with E-state index in [2.05, 4.69) is 33.4 Å². The first-order valence-corrected chi connectivity index (χ1v) is 14.1. The smallest absolute Gasteiger partial charge is 0.335 e. The number of urea groups is 1. The molecule has 1 heterocycles. The van der Waals surface area contributed by atoms with Crippen LogP contribution in [0.2, 0.25) is 0 Å². The van der Waals surface area contributed by atoms with E-state index in [4.69, 9.17) is 9.47 Å². The average Bonchev–Trinajstić information content (AvgIpc) is 2.86.